The standard InChI is InChI=1S/C34H30N2/c1-2-23-10-9-11-26(22-23)33-29-14-5-3-12-27(29)32(28-13-4-6-15-30(28)33)24-17-19-25(20-18-24)34-35-31-16-7-8-21-36(31)34/h3-5,7-14,16-22,31,34-35H,2,6,15H2,1H3. The van der Waals surface area contributed by atoms with E-state index in [1.54, 1.807) is 0 Å². The number of fused-ring (bicyclic) bond motifs is 3. The average molecular weight is 467 g/mol. The van der Waals surface area contributed by atoms with Crippen LogP contribution in [0, 0.1) is 0 Å². The Hall–Kier alpha value is -3.88. The van der Waals surface area contributed by atoms with Gasteiger partial charge in [-0.3, -0.25) is 5.32 Å². The fourth-order valence-corrected chi connectivity index (χ4v) is 6.14. The molecule has 2 aliphatic heterocycles. The van der Waals surface area contributed by atoms with Gasteiger partial charge in [0.15, 0.2) is 0 Å². The Morgan fingerprint density at radius 2 is 1.69 bits per heavy atom. The van der Waals surface area contributed by atoms with Gasteiger partial charge in [0, 0.05) is 6.20 Å². The van der Waals surface area contributed by atoms with E-state index < -0.39 is 0 Å². The molecule has 2 heteroatoms. The second kappa shape index (κ2) is 8.65. The topological polar surface area (TPSA) is 15.3 Å². The third kappa shape index (κ3) is 3.37. The van der Waals surface area contributed by atoms with Crippen LogP contribution in [-0.2, 0) is 12.8 Å². The van der Waals surface area contributed by atoms with Crippen LogP contribution in [0.1, 0.15) is 41.8 Å². The average Bonchev–Trinajstić information content (AvgIpc) is 2.93. The van der Waals surface area contributed by atoms with E-state index in [1.165, 1.54) is 55.3 Å². The number of benzene rings is 4. The Morgan fingerprint density at radius 1 is 0.861 bits per heavy atom. The van der Waals surface area contributed by atoms with Gasteiger partial charge in [0.2, 0.25) is 0 Å². The summed E-state index contributed by atoms with van der Waals surface area (Å²) in [6, 6.07) is 27.3. The quantitative estimate of drug-likeness (QED) is 0.328. The Morgan fingerprint density at radius 3 is 2.50 bits per heavy atom. The summed E-state index contributed by atoms with van der Waals surface area (Å²) >= 11 is 0. The molecule has 0 bridgehead atoms. The molecule has 3 aliphatic rings. The van der Waals surface area contributed by atoms with Crippen LogP contribution in [0.15, 0.2) is 103 Å². The summed E-state index contributed by atoms with van der Waals surface area (Å²) in [5.74, 6) is 0. The highest BCUT2D eigenvalue weighted by Gasteiger charge is 2.35. The molecule has 1 fully saturated rings. The predicted octanol–water partition coefficient (Wildman–Crippen LogP) is 8.01. The van der Waals surface area contributed by atoms with Gasteiger partial charge in [0.05, 0.1) is 0 Å². The van der Waals surface area contributed by atoms with E-state index in [-0.39, 0.29) is 6.17 Å². The smallest absolute Gasteiger partial charge is 0.109 e. The lowest BCUT2D eigenvalue weighted by atomic mass is 9.80. The van der Waals surface area contributed by atoms with E-state index in [0.29, 0.717) is 6.17 Å². The van der Waals surface area contributed by atoms with Crippen LogP contribution in [-0.4, -0.2) is 11.1 Å². The lowest BCUT2D eigenvalue weighted by Crippen LogP contribution is -2.60. The minimum absolute atomic E-state index is 0.240. The first-order chi connectivity index (χ1) is 17.8. The molecule has 4 aromatic carbocycles. The van der Waals surface area contributed by atoms with Gasteiger partial charge in [-0.05, 0) is 86.7 Å². The normalized spacial score (nSPS) is 19.8. The number of aryl methyl sites for hydroxylation is 1. The van der Waals surface area contributed by atoms with E-state index >= 15 is 0 Å². The van der Waals surface area contributed by atoms with Gasteiger partial charge in [0.25, 0.3) is 0 Å². The lowest BCUT2D eigenvalue weighted by molar-refractivity contribution is 0.0488. The van der Waals surface area contributed by atoms with Crippen molar-refractivity contribution in [3.8, 4) is 22.3 Å². The Labute approximate surface area is 213 Å². The van der Waals surface area contributed by atoms with Gasteiger partial charge in [-0.25, -0.2) is 0 Å². The van der Waals surface area contributed by atoms with Crippen LogP contribution >= 0.6 is 0 Å². The van der Waals surface area contributed by atoms with E-state index in [4.69, 9.17) is 0 Å². The van der Waals surface area contributed by atoms with Crippen LogP contribution < -0.4 is 5.32 Å². The molecule has 176 valence electrons. The number of rotatable bonds is 4. The molecule has 1 N–H and O–H groups in total. The van der Waals surface area contributed by atoms with Crippen molar-refractivity contribution >= 4 is 16.8 Å². The highest BCUT2D eigenvalue weighted by Crippen LogP contribution is 2.45. The minimum atomic E-state index is 0.240. The third-order valence-corrected chi connectivity index (χ3v) is 7.96. The number of nitrogens with zero attached hydrogens (tertiary/aromatic N) is 1. The first-order valence-corrected chi connectivity index (χ1v) is 13.1. The van der Waals surface area contributed by atoms with Crippen LogP contribution in [0.4, 0.5) is 0 Å². The number of hydrogen-bond donors (Lipinski definition) is 1. The lowest BCUT2D eigenvalue weighted by Gasteiger charge is -2.49. The highest BCUT2D eigenvalue weighted by molar-refractivity contribution is 6.10. The van der Waals surface area contributed by atoms with Gasteiger partial charge >= 0.3 is 0 Å². The van der Waals surface area contributed by atoms with Crippen molar-refractivity contribution in [1.29, 1.82) is 0 Å². The molecule has 36 heavy (non-hydrogen) atoms. The van der Waals surface area contributed by atoms with Crippen LogP contribution in [0.2, 0.25) is 0 Å². The zero-order valence-electron chi connectivity index (χ0n) is 20.6. The van der Waals surface area contributed by atoms with E-state index in [2.05, 4.69) is 127 Å². The Bertz CT molecular complexity index is 1550. The van der Waals surface area contributed by atoms with Crippen molar-refractivity contribution < 1.29 is 0 Å². The largest absolute Gasteiger partial charge is 0.339 e. The summed E-state index contributed by atoms with van der Waals surface area (Å²) in [7, 11) is 0. The second-order valence-corrected chi connectivity index (χ2v) is 9.99. The number of nitrogens with one attached hydrogen (secondary N) is 1. The van der Waals surface area contributed by atoms with E-state index in [1.807, 2.05) is 0 Å². The van der Waals surface area contributed by atoms with Crippen molar-refractivity contribution in [1.82, 2.24) is 10.2 Å². The molecule has 0 saturated carbocycles. The minimum Gasteiger partial charge on any atom is -0.339 e. The molecule has 0 aromatic heterocycles. The van der Waals surface area contributed by atoms with Crippen molar-refractivity contribution in [2.45, 2.75) is 38.5 Å². The molecule has 2 atom stereocenters. The Balaban J connectivity index is 1.38. The molecule has 4 aromatic rings. The second-order valence-electron chi connectivity index (χ2n) is 9.99. The fraction of sp³-hybridized carbons (Fsp3) is 0.176. The molecule has 7 rings (SSSR count). The molecule has 2 unspecified atom stereocenters. The van der Waals surface area contributed by atoms with Gasteiger partial charge in [-0.2, -0.15) is 0 Å². The maximum Gasteiger partial charge on any atom is 0.109 e. The summed E-state index contributed by atoms with van der Waals surface area (Å²) < 4.78 is 0. The van der Waals surface area contributed by atoms with Gasteiger partial charge in [0.1, 0.15) is 12.3 Å². The van der Waals surface area contributed by atoms with E-state index in [9.17, 15) is 0 Å². The number of hydrogen-bond acceptors (Lipinski definition) is 2. The molecule has 1 aliphatic carbocycles. The number of allylic oxidation sites excluding steroid dienone is 3. The predicted molar refractivity (Wildman–Crippen MR) is 151 cm³/mol. The monoisotopic (exact) mass is 466 g/mol. The zero-order chi connectivity index (χ0) is 24.1. The molecule has 0 spiro atoms. The maximum atomic E-state index is 3.65. The summed E-state index contributed by atoms with van der Waals surface area (Å²) in [6.45, 7) is 2.24. The fourth-order valence-electron chi connectivity index (χ4n) is 6.14. The summed E-state index contributed by atoms with van der Waals surface area (Å²) in [4.78, 5) is 2.37. The van der Waals surface area contributed by atoms with E-state index in [0.717, 1.165) is 19.3 Å². The molecule has 0 amide bonds. The first-order valence-electron chi connectivity index (χ1n) is 13.1. The van der Waals surface area contributed by atoms with Crippen LogP contribution in [0.5, 0.6) is 0 Å². The summed E-state index contributed by atoms with van der Waals surface area (Å²) in [5, 5.41) is 6.33. The third-order valence-electron chi connectivity index (χ3n) is 7.96. The first kappa shape index (κ1) is 21.4. The Kier molecular flexibility index (Phi) is 5.15. The molecular formula is C34H30N2. The molecule has 0 radical (unpaired) electrons. The zero-order valence-corrected chi connectivity index (χ0v) is 20.6. The van der Waals surface area contributed by atoms with Crippen molar-refractivity contribution in [3.63, 3.8) is 0 Å². The maximum absolute atomic E-state index is 3.65. The summed E-state index contributed by atoms with van der Waals surface area (Å²) in [5.41, 5.74) is 11.0. The molecule has 2 nitrogen and oxygen atoms in total. The molecular weight excluding hydrogens is 436 g/mol. The van der Waals surface area contributed by atoms with Crippen molar-refractivity contribution in [2.24, 2.45) is 0 Å². The van der Waals surface area contributed by atoms with Gasteiger partial charge in [-0.15, -0.1) is 0 Å². The van der Waals surface area contributed by atoms with Crippen LogP contribution in [0.25, 0.3) is 39.1 Å². The SMILES string of the molecule is CCc1cccc(-c2c3c(c(-c4ccc(C5NC6C=CC=CN65)cc4)c4ccccc24)C=CCC3)c1. The van der Waals surface area contributed by atoms with Crippen molar-refractivity contribution in [2.75, 3.05) is 0 Å². The van der Waals surface area contributed by atoms with Gasteiger partial charge in [-0.1, -0.05) is 97.9 Å². The molecule has 2 heterocycles. The van der Waals surface area contributed by atoms with Crippen molar-refractivity contribution in [3.05, 3.63) is 126 Å². The van der Waals surface area contributed by atoms with Gasteiger partial charge < -0.3 is 4.90 Å². The highest BCUT2D eigenvalue weighted by atomic mass is 15.5. The summed E-state index contributed by atoms with van der Waals surface area (Å²) in [6.07, 6.45) is 17.1. The van der Waals surface area contributed by atoms with Crippen LogP contribution in [0.3, 0.4) is 0 Å². The molecule has 1 saturated heterocycles.